The summed E-state index contributed by atoms with van der Waals surface area (Å²) < 4.78 is 26.7. The number of anilines is 1. The maximum atomic E-state index is 13.4. The number of carbonyl (C=O) groups excluding carboxylic acids is 1. The number of hydrogen-bond donors (Lipinski definition) is 2. The monoisotopic (exact) mass is 304 g/mol. The lowest BCUT2D eigenvalue weighted by Crippen LogP contribution is -2.27. The van der Waals surface area contributed by atoms with Crippen LogP contribution in [0.5, 0.6) is 0 Å². The van der Waals surface area contributed by atoms with E-state index in [0.717, 1.165) is 12.0 Å². The summed E-state index contributed by atoms with van der Waals surface area (Å²) in [6, 6.07) is 13.5. The van der Waals surface area contributed by atoms with E-state index < -0.39 is 11.6 Å². The van der Waals surface area contributed by atoms with E-state index in [2.05, 4.69) is 10.6 Å². The molecule has 0 bridgehead atoms. The fourth-order valence-electron chi connectivity index (χ4n) is 2.05. The summed E-state index contributed by atoms with van der Waals surface area (Å²) in [5.74, 6) is -1.48. The first-order valence-electron chi connectivity index (χ1n) is 7.15. The molecule has 2 N–H and O–H groups in total. The van der Waals surface area contributed by atoms with Crippen molar-refractivity contribution in [1.29, 1.82) is 0 Å². The largest absolute Gasteiger partial charge is 0.380 e. The lowest BCUT2D eigenvalue weighted by molar-refractivity contribution is -0.120. The Kier molecular flexibility index (Phi) is 5.89. The summed E-state index contributed by atoms with van der Waals surface area (Å²) in [5, 5.41) is 5.39. The molecule has 2 rings (SSSR count). The molecule has 116 valence electrons. The predicted molar refractivity (Wildman–Crippen MR) is 82.6 cm³/mol. The molecule has 0 radical (unpaired) electrons. The highest BCUT2D eigenvalue weighted by Gasteiger charge is 2.08. The van der Waals surface area contributed by atoms with Gasteiger partial charge in [0.1, 0.15) is 17.3 Å². The van der Waals surface area contributed by atoms with Crippen LogP contribution in [0.25, 0.3) is 0 Å². The summed E-state index contributed by atoms with van der Waals surface area (Å²) in [6.45, 7) is 0.714. The van der Waals surface area contributed by atoms with E-state index in [1.807, 2.05) is 30.3 Å². The Hall–Kier alpha value is -2.43. The van der Waals surface area contributed by atoms with Gasteiger partial charge in [0.15, 0.2) is 0 Å². The Morgan fingerprint density at radius 2 is 1.59 bits per heavy atom. The molecule has 0 unspecified atom stereocenters. The average molecular weight is 304 g/mol. The summed E-state index contributed by atoms with van der Waals surface area (Å²) in [7, 11) is 0. The number of carbonyl (C=O) groups is 1. The van der Waals surface area contributed by atoms with Crippen LogP contribution in [-0.2, 0) is 11.2 Å². The molecule has 0 heterocycles. The number of hydrogen-bond acceptors (Lipinski definition) is 2. The van der Waals surface area contributed by atoms with Crippen molar-refractivity contribution in [1.82, 2.24) is 5.32 Å². The molecule has 0 aromatic heterocycles. The third-order valence-electron chi connectivity index (χ3n) is 3.20. The topological polar surface area (TPSA) is 41.1 Å². The van der Waals surface area contributed by atoms with Crippen LogP contribution < -0.4 is 10.6 Å². The molecule has 3 nitrogen and oxygen atoms in total. The first kappa shape index (κ1) is 15.9. The number of halogens is 2. The first-order valence-corrected chi connectivity index (χ1v) is 7.15. The highest BCUT2D eigenvalue weighted by molar-refractivity contribution is 5.76. The first-order chi connectivity index (χ1) is 10.7. The van der Waals surface area contributed by atoms with Crippen LogP contribution in [0.4, 0.5) is 14.5 Å². The fraction of sp³-hybridized carbons (Fsp3) is 0.235. The van der Waals surface area contributed by atoms with E-state index in [-0.39, 0.29) is 24.6 Å². The number of rotatable bonds is 7. The van der Waals surface area contributed by atoms with Gasteiger partial charge in [-0.15, -0.1) is 0 Å². The van der Waals surface area contributed by atoms with Crippen molar-refractivity contribution in [3.63, 3.8) is 0 Å². The van der Waals surface area contributed by atoms with Crippen LogP contribution in [0.2, 0.25) is 0 Å². The molecular formula is C17H18F2N2O. The second kappa shape index (κ2) is 8.12. The Bertz CT molecular complexity index is 597. The van der Waals surface area contributed by atoms with Crippen molar-refractivity contribution in [2.24, 2.45) is 0 Å². The Morgan fingerprint density at radius 1 is 0.909 bits per heavy atom. The van der Waals surface area contributed by atoms with E-state index >= 15 is 0 Å². The molecule has 1 amide bonds. The second-order valence-electron chi connectivity index (χ2n) is 4.86. The number of para-hydroxylation sites is 1. The van der Waals surface area contributed by atoms with E-state index in [1.165, 1.54) is 18.2 Å². The van der Waals surface area contributed by atoms with Crippen LogP contribution in [0.1, 0.15) is 12.0 Å². The van der Waals surface area contributed by atoms with Crippen LogP contribution in [-0.4, -0.2) is 19.0 Å². The zero-order valence-electron chi connectivity index (χ0n) is 12.1. The maximum Gasteiger partial charge on any atom is 0.221 e. The Labute approximate surface area is 128 Å². The molecule has 0 saturated heterocycles. The molecule has 2 aromatic carbocycles. The predicted octanol–water partition coefficient (Wildman–Crippen LogP) is 3.13. The van der Waals surface area contributed by atoms with Gasteiger partial charge in [-0.25, -0.2) is 8.78 Å². The van der Waals surface area contributed by atoms with Crippen LogP contribution >= 0.6 is 0 Å². The van der Waals surface area contributed by atoms with Gasteiger partial charge in [-0.05, 0) is 24.1 Å². The molecule has 0 aliphatic carbocycles. The number of amides is 1. The van der Waals surface area contributed by atoms with E-state index in [1.54, 1.807) is 0 Å². The third kappa shape index (κ3) is 4.84. The van der Waals surface area contributed by atoms with Gasteiger partial charge in [0.25, 0.3) is 0 Å². The minimum absolute atomic E-state index is 0.153. The molecule has 0 aliphatic heterocycles. The lowest BCUT2D eigenvalue weighted by Gasteiger charge is -2.09. The normalized spacial score (nSPS) is 10.3. The summed E-state index contributed by atoms with van der Waals surface area (Å²) >= 11 is 0. The van der Waals surface area contributed by atoms with Crippen molar-refractivity contribution in [3.05, 3.63) is 65.7 Å². The molecular weight excluding hydrogens is 286 g/mol. The quantitative estimate of drug-likeness (QED) is 0.825. The van der Waals surface area contributed by atoms with Crippen molar-refractivity contribution >= 4 is 11.6 Å². The van der Waals surface area contributed by atoms with Gasteiger partial charge in [0, 0.05) is 19.5 Å². The van der Waals surface area contributed by atoms with Crippen LogP contribution in [0, 0.1) is 11.6 Å². The number of nitrogens with one attached hydrogen (secondary N) is 2. The van der Waals surface area contributed by atoms with Gasteiger partial charge in [-0.2, -0.15) is 0 Å². The molecule has 0 aliphatic rings. The standard InChI is InChI=1S/C17H18F2N2O/c18-14-7-4-8-15(19)17(14)21-12-10-16(22)20-11-9-13-5-2-1-3-6-13/h1-8,21H,9-12H2,(H,20,22). The minimum Gasteiger partial charge on any atom is -0.380 e. The zero-order chi connectivity index (χ0) is 15.8. The molecule has 2 aromatic rings. The zero-order valence-corrected chi connectivity index (χ0v) is 12.1. The van der Waals surface area contributed by atoms with Gasteiger partial charge < -0.3 is 10.6 Å². The summed E-state index contributed by atoms with van der Waals surface area (Å²) in [5.41, 5.74) is 0.953. The fourth-order valence-corrected chi connectivity index (χ4v) is 2.05. The van der Waals surface area contributed by atoms with Crippen molar-refractivity contribution in [3.8, 4) is 0 Å². The molecule has 0 saturated carbocycles. The SMILES string of the molecule is O=C(CCNc1c(F)cccc1F)NCCc1ccccc1. The van der Waals surface area contributed by atoms with Gasteiger partial charge in [0.2, 0.25) is 5.91 Å². The molecule has 0 spiro atoms. The van der Waals surface area contributed by atoms with E-state index in [0.29, 0.717) is 6.54 Å². The lowest BCUT2D eigenvalue weighted by atomic mass is 10.1. The highest BCUT2D eigenvalue weighted by atomic mass is 19.1. The van der Waals surface area contributed by atoms with E-state index in [9.17, 15) is 13.6 Å². The third-order valence-corrected chi connectivity index (χ3v) is 3.20. The van der Waals surface area contributed by atoms with Gasteiger partial charge in [-0.1, -0.05) is 36.4 Å². The minimum atomic E-state index is -0.663. The second-order valence-corrected chi connectivity index (χ2v) is 4.86. The summed E-state index contributed by atoms with van der Waals surface area (Å²) in [4.78, 5) is 11.7. The molecule has 5 heteroatoms. The van der Waals surface area contributed by atoms with Crippen LogP contribution in [0.15, 0.2) is 48.5 Å². The average Bonchev–Trinajstić information content (AvgIpc) is 2.51. The van der Waals surface area contributed by atoms with Gasteiger partial charge >= 0.3 is 0 Å². The Morgan fingerprint density at radius 3 is 2.27 bits per heavy atom. The molecule has 0 fully saturated rings. The summed E-state index contributed by atoms with van der Waals surface area (Å²) in [6.07, 6.45) is 0.907. The van der Waals surface area contributed by atoms with Gasteiger partial charge in [0.05, 0.1) is 0 Å². The maximum absolute atomic E-state index is 13.4. The Balaban J connectivity index is 1.68. The number of benzene rings is 2. The van der Waals surface area contributed by atoms with Crippen molar-refractivity contribution in [2.75, 3.05) is 18.4 Å². The van der Waals surface area contributed by atoms with Crippen molar-refractivity contribution < 1.29 is 13.6 Å². The highest BCUT2D eigenvalue weighted by Crippen LogP contribution is 2.17. The smallest absolute Gasteiger partial charge is 0.221 e. The van der Waals surface area contributed by atoms with Crippen molar-refractivity contribution in [2.45, 2.75) is 12.8 Å². The van der Waals surface area contributed by atoms with Gasteiger partial charge in [-0.3, -0.25) is 4.79 Å². The van der Waals surface area contributed by atoms with E-state index in [4.69, 9.17) is 0 Å². The molecule has 0 atom stereocenters. The van der Waals surface area contributed by atoms with Crippen LogP contribution in [0.3, 0.4) is 0 Å². The molecule has 22 heavy (non-hydrogen) atoms.